The van der Waals surface area contributed by atoms with E-state index in [0.29, 0.717) is 24.6 Å². The van der Waals surface area contributed by atoms with Crippen LogP contribution in [0, 0.1) is 0 Å². The first-order chi connectivity index (χ1) is 12.9. The average Bonchev–Trinajstić information content (AvgIpc) is 2.70. The predicted octanol–water partition coefficient (Wildman–Crippen LogP) is 1.10. The molecule has 0 spiro atoms. The van der Waals surface area contributed by atoms with Crippen LogP contribution in [0.4, 0.5) is 0 Å². The number of carbonyl (C=O) groups is 2. The third kappa shape index (κ3) is 5.33. The maximum absolute atomic E-state index is 12.3. The zero-order valence-corrected chi connectivity index (χ0v) is 16.2. The Bertz CT molecular complexity index is 659. The predicted molar refractivity (Wildman–Crippen MR) is 101 cm³/mol. The molecule has 1 fully saturated rings. The van der Waals surface area contributed by atoms with Gasteiger partial charge in [0.1, 0.15) is 6.04 Å². The van der Waals surface area contributed by atoms with Crippen molar-refractivity contribution in [3.8, 4) is 11.5 Å². The Morgan fingerprint density at radius 1 is 1.15 bits per heavy atom. The number of ether oxygens (including phenoxy) is 2. The summed E-state index contributed by atoms with van der Waals surface area (Å²) in [5.41, 5.74) is 6.59. The van der Waals surface area contributed by atoms with E-state index in [1.807, 2.05) is 18.2 Å². The largest absolute Gasteiger partial charge is 0.493 e. The molecule has 0 aliphatic carbocycles. The second-order valence-corrected chi connectivity index (χ2v) is 6.69. The highest BCUT2D eigenvalue weighted by molar-refractivity contribution is 5.78. The van der Waals surface area contributed by atoms with Crippen LogP contribution in [0.15, 0.2) is 18.2 Å². The van der Waals surface area contributed by atoms with Crippen molar-refractivity contribution in [2.24, 2.45) is 5.73 Å². The summed E-state index contributed by atoms with van der Waals surface area (Å²) in [5.74, 6) is 0.287. The molecule has 1 saturated heterocycles. The van der Waals surface area contributed by atoms with Crippen LogP contribution in [0.3, 0.4) is 0 Å². The number of carboxylic acid groups (broad SMARTS) is 1. The van der Waals surface area contributed by atoms with E-state index in [9.17, 15) is 9.59 Å². The van der Waals surface area contributed by atoms with Crippen molar-refractivity contribution in [1.82, 2.24) is 9.80 Å². The first-order valence-corrected chi connectivity index (χ1v) is 9.09. The van der Waals surface area contributed by atoms with Gasteiger partial charge in [-0.25, -0.2) is 0 Å². The molecule has 1 aliphatic heterocycles. The summed E-state index contributed by atoms with van der Waals surface area (Å²) >= 11 is 0. The first-order valence-electron chi connectivity index (χ1n) is 9.09. The zero-order chi connectivity index (χ0) is 20.0. The second-order valence-electron chi connectivity index (χ2n) is 6.69. The molecule has 1 heterocycles. The average molecular weight is 379 g/mol. The van der Waals surface area contributed by atoms with E-state index in [-0.39, 0.29) is 24.8 Å². The Labute approximate surface area is 159 Å². The van der Waals surface area contributed by atoms with Gasteiger partial charge in [0.2, 0.25) is 5.91 Å². The lowest BCUT2D eigenvalue weighted by Crippen LogP contribution is -2.49. The maximum Gasteiger partial charge on any atom is 0.320 e. The SMILES string of the molecule is COc1ccc(C(C)N2CCN(C(=O)CC[C@H](N)C(=O)O)CC2)cc1OC. The van der Waals surface area contributed by atoms with Crippen LogP contribution < -0.4 is 15.2 Å². The van der Waals surface area contributed by atoms with Crippen molar-refractivity contribution in [2.75, 3.05) is 40.4 Å². The number of hydrogen-bond donors (Lipinski definition) is 2. The van der Waals surface area contributed by atoms with Crippen molar-refractivity contribution in [1.29, 1.82) is 0 Å². The summed E-state index contributed by atoms with van der Waals surface area (Å²) in [5, 5.41) is 8.81. The fourth-order valence-electron chi connectivity index (χ4n) is 3.24. The number of nitrogens with zero attached hydrogens (tertiary/aromatic N) is 2. The van der Waals surface area contributed by atoms with Gasteiger partial charge in [-0.3, -0.25) is 14.5 Å². The number of aliphatic carboxylic acids is 1. The molecule has 1 amide bonds. The molecule has 1 aromatic rings. The minimum absolute atomic E-state index is 0.0369. The van der Waals surface area contributed by atoms with E-state index >= 15 is 0 Å². The Hall–Kier alpha value is -2.32. The first kappa shape index (κ1) is 21.0. The highest BCUT2D eigenvalue weighted by Crippen LogP contribution is 2.32. The van der Waals surface area contributed by atoms with Gasteiger partial charge < -0.3 is 25.2 Å². The minimum Gasteiger partial charge on any atom is -0.493 e. The molecule has 2 rings (SSSR count). The van der Waals surface area contributed by atoms with Gasteiger partial charge >= 0.3 is 5.97 Å². The number of carbonyl (C=O) groups excluding carboxylic acids is 1. The van der Waals surface area contributed by atoms with E-state index in [0.717, 1.165) is 18.7 Å². The summed E-state index contributed by atoms with van der Waals surface area (Å²) in [6.07, 6.45) is 0.328. The normalized spacial score (nSPS) is 17.3. The third-order valence-electron chi connectivity index (χ3n) is 5.09. The molecule has 150 valence electrons. The summed E-state index contributed by atoms with van der Waals surface area (Å²) in [6.45, 7) is 4.89. The Balaban J connectivity index is 1.89. The number of amides is 1. The topological polar surface area (TPSA) is 105 Å². The summed E-state index contributed by atoms with van der Waals surface area (Å²) < 4.78 is 10.7. The molecule has 8 heteroatoms. The quantitative estimate of drug-likeness (QED) is 0.697. The number of carboxylic acids is 1. The van der Waals surface area contributed by atoms with Gasteiger partial charge in [0.15, 0.2) is 11.5 Å². The Morgan fingerprint density at radius 3 is 2.33 bits per heavy atom. The number of hydrogen-bond acceptors (Lipinski definition) is 6. The molecule has 3 N–H and O–H groups in total. The standard InChI is InChI=1S/C19H29N3O5/c1-13(14-4-6-16(26-2)17(12-14)27-3)21-8-10-22(11-9-21)18(23)7-5-15(20)19(24)25/h4,6,12-13,15H,5,7-11,20H2,1-3H3,(H,24,25)/t13?,15-/m0/s1. The van der Waals surface area contributed by atoms with Crippen molar-refractivity contribution < 1.29 is 24.2 Å². The molecular formula is C19H29N3O5. The van der Waals surface area contributed by atoms with Gasteiger partial charge in [0.25, 0.3) is 0 Å². The van der Waals surface area contributed by atoms with E-state index in [2.05, 4.69) is 11.8 Å². The molecule has 1 aromatic carbocycles. The van der Waals surface area contributed by atoms with Crippen LogP contribution in [0.2, 0.25) is 0 Å². The van der Waals surface area contributed by atoms with Gasteiger partial charge in [-0.05, 0) is 31.0 Å². The highest BCUT2D eigenvalue weighted by Gasteiger charge is 2.26. The number of nitrogens with two attached hydrogens (primary N) is 1. The lowest BCUT2D eigenvalue weighted by molar-refractivity contribution is -0.139. The van der Waals surface area contributed by atoms with Crippen LogP contribution in [0.1, 0.15) is 31.4 Å². The summed E-state index contributed by atoms with van der Waals surface area (Å²) in [4.78, 5) is 27.1. The fourth-order valence-corrected chi connectivity index (χ4v) is 3.24. The molecule has 0 radical (unpaired) electrons. The van der Waals surface area contributed by atoms with Crippen LogP contribution in [-0.2, 0) is 9.59 Å². The van der Waals surface area contributed by atoms with E-state index < -0.39 is 12.0 Å². The molecule has 1 unspecified atom stereocenters. The molecule has 27 heavy (non-hydrogen) atoms. The van der Waals surface area contributed by atoms with E-state index in [4.69, 9.17) is 20.3 Å². The molecule has 8 nitrogen and oxygen atoms in total. The second kappa shape index (κ2) is 9.57. The lowest BCUT2D eigenvalue weighted by Gasteiger charge is -2.38. The molecule has 0 bridgehead atoms. The summed E-state index contributed by atoms with van der Waals surface area (Å²) in [7, 11) is 3.23. The van der Waals surface area contributed by atoms with Gasteiger partial charge in [-0.1, -0.05) is 6.07 Å². The number of methoxy groups -OCH3 is 2. The van der Waals surface area contributed by atoms with Gasteiger partial charge in [0.05, 0.1) is 14.2 Å². The zero-order valence-electron chi connectivity index (χ0n) is 16.2. The van der Waals surface area contributed by atoms with E-state index in [1.165, 1.54) is 0 Å². The van der Waals surface area contributed by atoms with Crippen LogP contribution in [0.25, 0.3) is 0 Å². The van der Waals surface area contributed by atoms with Crippen molar-refractivity contribution >= 4 is 11.9 Å². The van der Waals surface area contributed by atoms with Gasteiger partial charge in [-0.15, -0.1) is 0 Å². The molecule has 0 saturated carbocycles. The van der Waals surface area contributed by atoms with Crippen molar-refractivity contribution in [3.05, 3.63) is 23.8 Å². The molecule has 2 atom stereocenters. The number of rotatable bonds is 8. The Kier molecular flexibility index (Phi) is 7.44. The van der Waals surface area contributed by atoms with Crippen molar-refractivity contribution in [2.45, 2.75) is 31.8 Å². The smallest absolute Gasteiger partial charge is 0.320 e. The highest BCUT2D eigenvalue weighted by atomic mass is 16.5. The minimum atomic E-state index is -1.07. The monoisotopic (exact) mass is 379 g/mol. The van der Waals surface area contributed by atoms with Crippen LogP contribution >= 0.6 is 0 Å². The Morgan fingerprint density at radius 2 is 1.78 bits per heavy atom. The number of piperazine rings is 1. The number of benzene rings is 1. The van der Waals surface area contributed by atoms with Crippen LogP contribution in [-0.4, -0.2) is 73.2 Å². The molecule has 1 aliphatic rings. The molecule has 0 aromatic heterocycles. The molecular weight excluding hydrogens is 350 g/mol. The van der Waals surface area contributed by atoms with Crippen molar-refractivity contribution in [3.63, 3.8) is 0 Å². The summed E-state index contributed by atoms with van der Waals surface area (Å²) in [6, 6.07) is 5.10. The fraction of sp³-hybridized carbons (Fsp3) is 0.579. The van der Waals surface area contributed by atoms with Gasteiger partial charge in [0, 0.05) is 38.6 Å². The van der Waals surface area contributed by atoms with E-state index in [1.54, 1.807) is 19.1 Å². The van der Waals surface area contributed by atoms with Crippen LogP contribution in [0.5, 0.6) is 11.5 Å². The third-order valence-corrected chi connectivity index (χ3v) is 5.09. The maximum atomic E-state index is 12.3. The van der Waals surface area contributed by atoms with Gasteiger partial charge in [-0.2, -0.15) is 0 Å². The lowest BCUT2D eigenvalue weighted by atomic mass is 10.0.